The van der Waals surface area contributed by atoms with Gasteiger partial charge in [-0.3, -0.25) is 4.79 Å². The van der Waals surface area contributed by atoms with Gasteiger partial charge in [0.1, 0.15) is 0 Å². The highest BCUT2D eigenvalue weighted by molar-refractivity contribution is 6.40. The average Bonchev–Trinajstić information content (AvgIpc) is 2.16. The van der Waals surface area contributed by atoms with Crippen LogP contribution in [-0.2, 0) is 11.2 Å². The Bertz CT molecular complexity index is 382. The smallest absolute Gasteiger partial charge is 0.377 e. The van der Waals surface area contributed by atoms with E-state index in [9.17, 15) is 14.7 Å². The van der Waals surface area contributed by atoms with E-state index in [-0.39, 0.29) is 12.0 Å². The third-order valence-electron chi connectivity index (χ3n) is 1.97. The van der Waals surface area contributed by atoms with E-state index >= 15 is 0 Å². The summed E-state index contributed by atoms with van der Waals surface area (Å²) in [6.07, 6.45) is -0.331. The number of hydrogen-bond acceptors (Lipinski definition) is 3. The molecule has 1 aromatic carbocycles. The number of carboxylic acid groups (broad SMARTS) is 1. The molecule has 0 amide bonds. The van der Waals surface area contributed by atoms with Crippen LogP contribution in [0.4, 0.5) is 0 Å². The standard InChI is InChI=1S/C11H12O4/c1-7(12)6-8-4-2-3-5-9(8)10(13)11(14)15/h2-5,7,12H,6H2,1H3,(H,14,15). The molecule has 0 heterocycles. The Kier molecular flexibility index (Phi) is 3.57. The van der Waals surface area contributed by atoms with Crippen LogP contribution in [0.1, 0.15) is 22.8 Å². The van der Waals surface area contributed by atoms with E-state index in [4.69, 9.17) is 5.11 Å². The van der Waals surface area contributed by atoms with Gasteiger partial charge in [0.2, 0.25) is 0 Å². The van der Waals surface area contributed by atoms with Gasteiger partial charge in [-0.2, -0.15) is 0 Å². The molecule has 0 aliphatic carbocycles. The molecule has 0 spiro atoms. The zero-order chi connectivity index (χ0) is 11.4. The number of ketones is 1. The maximum Gasteiger partial charge on any atom is 0.377 e. The Balaban J connectivity index is 3.06. The topological polar surface area (TPSA) is 74.6 Å². The molecule has 0 fully saturated rings. The van der Waals surface area contributed by atoms with Gasteiger partial charge in [0.25, 0.3) is 5.78 Å². The third-order valence-corrected chi connectivity index (χ3v) is 1.97. The molecule has 1 aromatic rings. The maximum absolute atomic E-state index is 11.3. The van der Waals surface area contributed by atoms with Crippen molar-refractivity contribution in [2.45, 2.75) is 19.4 Å². The van der Waals surface area contributed by atoms with E-state index in [1.165, 1.54) is 6.07 Å². The molecule has 0 aromatic heterocycles. The monoisotopic (exact) mass is 208 g/mol. The van der Waals surface area contributed by atoms with E-state index in [2.05, 4.69) is 0 Å². The second kappa shape index (κ2) is 4.70. The van der Waals surface area contributed by atoms with Gasteiger partial charge in [0.05, 0.1) is 6.10 Å². The highest BCUT2D eigenvalue weighted by Gasteiger charge is 2.18. The van der Waals surface area contributed by atoms with Crippen LogP contribution in [0.2, 0.25) is 0 Å². The first-order valence-corrected chi connectivity index (χ1v) is 4.56. The van der Waals surface area contributed by atoms with Crippen molar-refractivity contribution < 1.29 is 19.8 Å². The number of carbonyl (C=O) groups is 2. The fourth-order valence-corrected chi connectivity index (χ4v) is 1.35. The molecular weight excluding hydrogens is 196 g/mol. The number of carbonyl (C=O) groups excluding carboxylic acids is 1. The van der Waals surface area contributed by atoms with Gasteiger partial charge >= 0.3 is 5.97 Å². The van der Waals surface area contributed by atoms with E-state index < -0.39 is 17.9 Å². The predicted octanol–water partition coefficient (Wildman–Crippen LogP) is 0.877. The minimum atomic E-state index is -1.48. The number of hydrogen-bond donors (Lipinski definition) is 2. The van der Waals surface area contributed by atoms with Crippen LogP contribution in [-0.4, -0.2) is 28.1 Å². The van der Waals surface area contributed by atoms with Crippen molar-refractivity contribution in [1.82, 2.24) is 0 Å². The zero-order valence-electron chi connectivity index (χ0n) is 8.30. The number of Topliss-reactive ketones (excluding diaryl/α,β-unsaturated/α-hetero) is 1. The van der Waals surface area contributed by atoms with Gasteiger partial charge in [0, 0.05) is 5.56 Å². The SMILES string of the molecule is CC(O)Cc1ccccc1C(=O)C(=O)O. The molecule has 0 aliphatic heterocycles. The number of aliphatic hydroxyl groups is 1. The highest BCUT2D eigenvalue weighted by atomic mass is 16.4. The molecule has 15 heavy (non-hydrogen) atoms. The Morgan fingerprint density at radius 1 is 1.33 bits per heavy atom. The number of aliphatic carboxylic acids is 1. The molecule has 1 unspecified atom stereocenters. The van der Waals surface area contributed by atoms with E-state index in [1.807, 2.05) is 0 Å². The quantitative estimate of drug-likeness (QED) is 0.569. The van der Waals surface area contributed by atoms with Crippen LogP contribution in [0.5, 0.6) is 0 Å². The summed E-state index contributed by atoms with van der Waals surface area (Å²) < 4.78 is 0. The molecule has 0 radical (unpaired) electrons. The van der Waals surface area contributed by atoms with Crippen molar-refractivity contribution in [3.8, 4) is 0 Å². The Morgan fingerprint density at radius 3 is 2.47 bits per heavy atom. The highest BCUT2D eigenvalue weighted by Crippen LogP contribution is 2.12. The van der Waals surface area contributed by atoms with Crippen molar-refractivity contribution in [3.63, 3.8) is 0 Å². The second-order valence-corrected chi connectivity index (χ2v) is 3.34. The minimum absolute atomic E-state index is 0.144. The summed E-state index contributed by atoms with van der Waals surface area (Å²) in [5, 5.41) is 17.8. The average molecular weight is 208 g/mol. The van der Waals surface area contributed by atoms with Crippen molar-refractivity contribution in [1.29, 1.82) is 0 Å². The summed E-state index contributed by atoms with van der Waals surface area (Å²) in [4.78, 5) is 21.8. The molecule has 0 saturated heterocycles. The molecule has 0 saturated carbocycles. The molecule has 1 atom stereocenters. The Hall–Kier alpha value is -1.68. The van der Waals surface area contributed by atoms with Crippen molar-refractivity contribution in [2.75, 3.05) is 0 Å². The lowest BCUT2D eigenvalue weighted by Gasteiger charge is -2.08. The Morgan fingerprint density at radius 2 is 1.93 bits per heavy atom. The fourth-order valence-electron chi connectivity index (χ4n) is 1.35. The van der Waals surface area contributed by atoms with Gasteiger partial charge in [-0.1, -0.05) is 24.3 Å². The number of aliphatic hydroxyl groups excluding tert-OH is 1. The third kappa shape index (κ3) is 2.89. The van der Waals surface area contributed by atoms with Crippen LogP contribution in [0.15, 0.2) is 24.3 Å². The summed E-state index contributed by atoms with van der Waals surface area (Å²) in [5.41, 5.74) is 0.700. The van der Waals surface area contributed by atoms with Crippen LogP contribution >= 0.6 is 0 Å². The summed E-state index contributed by atoms with van der Waals surface area (Å²) in [5.74, 6) is -2.42. The molecule has 0 bridgehead atoms. The predicted molar refractivity (Wildman–Crippen MR) is 53.8 cm³/mol. The number of rotatable bonds is 4. The number of benzene rings is 1. The van der Waals surface area contributed by atoms with E-state index in [0.717, 1.165) is 0 Å². The molecule has 4 heteroatoms. The minimum Gasteiger partial charge on any atom is -0.475 e. The lowest BCUT2D eigenvalue weighted by molar-refractivity contribution is -0.131. The van der Waals surface area contributed by atoms with E-state index in [1.54, 1.807) is 25.1 Å². The Labute approximate surface area is 87.2 Å². The van der Waals surface area contributed by atoms with Crippen molar-refractivity contribution in [3.05, 3.63) is 35.4 Å². The lowest BCUT2D eigenvalue weighted by atomic mass is 9.99. The van der Waals surface area contributed by atoms with E-state index in [0.29, 0.717) is 5.56 Å². The fraction of sp³-hybridized carbons (Fsp3) is 0.273. The number of carboxylic acids is 1. The van der Waals surface area contributed by atoms with Crippen LogP contribution in [0, 0.1) is 0 Å². The normalized spacial score (nSPS) is 12.1. The van der Waals surface area contributed by atoms with Gasteiger partial charge in [-0.15, -0.1) is 0 Å². The van der Waals surface area contributed by atoms with Crippen LogP contribution in [0.3, 0.4) is 0 Å². The summed E-state index contributed by atoms with van der Waals surface area (Å²) in [6, 6.07) is 6.40. The van der Waals surface area contributed by atoms with Crippen LogP contribution < -0.4 is 0 Å². The van der Waals surface area contributed by atoms with Crippen molar-refractivity contribution >= 4 is 11.8 Å². The lowest BCUT2D eigenvalue weighted by Crippen LogP contribution is -2.16. The first-order valence-electron chi connectivity index (χ1n) is 4.56. The largest absolute Gasteiger partial charge is 0.475 e. The maximum atomic E-state index is 11.3. The molecule has 2 N–H and O–H groups in total. The first kappa shape index (κ1) is 11.4. The molecule has 0 aliphatic rings. The first-order chi connectivity index (χ1) is 7.02. The summed E-state index contributed by atoms with van der Waals surface area (Å²) in [7, 11) is 0. The molecular formula is C11H12O4. The summed E-state index contributed by atoms with van der Waals surface area (Å²) in [6.45, 7) is 1.59. The van der Waals surface area contributed by atoms with Gasteiger partial charge in [0.15, 0.2) is 0 Å². The molecule has 1 rings (SSSR count). The van der Waals surface area contributed by atoms with Gasteiger partial charge < -0.3 is 10.2 Å². The second-order valence-electron chi connectivity index (χ2n) is 3.34. The van der Waals surface area contributed by atoms with Gasteiger partial charge in [-0.25, -0.2) is 4.79 Å². The summed E-state index contributed by atoms with van der Waals surface area (Å²) >= 11 is 0. The molecule has 80 valence electrons. The zero-order valence-corrected chi connectivity index (χ0v) is 8.30. The van der Waals surface area contributed by atoms with Crippen molar-refractivity contribution in [2.24, 2.45) is 0 Å². The molecule has 4 nitrogen and oxygen atoms in total. The van der Waals surface area contributed by atoms with Crippen LogP contribution in [0.25, 0.3) is 0 Å². The van der Waals surface area contributed by atoms with Gasteiger partial charge in [-0.05, 0) is 18.9 Å².